The molecule has 0 spiro atoms. The Morgan fingerprint density at radius 3 is 2.20 bits per heavy atom. The second-order valence-electron chi connectivity index (χ2n) is 3.51. The van der Waals surface area contributed by atoms with Crippen molar-refractivity contribution in [2.24, 2.45) is 5.73 Å². The number of hydrogen-bond acceptors (Lipinski definition) is 2. The zero-order valence-electron chi connectivity index (χ0n) is 8.65. The molecule has 6 heteroatoms. The van der Waals surface area contributed by atoms with Crippen LogP contribution in [0.2, 0.25) is 0 Å². The summed E-state index contributed by atoms with van der Waals surface area (Å²) in [5, 5.41) is 0. The van der Waals surface area contributed by atoms with Crippen LogP contribution in [0.3, 0.4) is 0 Å². The largest absolute Gasteiger partial charge is 0.432 e. The molecule has 1 rings (SSSR count). The first kappa shape index (κ1) is 12.0. The van der Waals surface area contributed by atoms with Gasteiger partial charge in [0.25, 0.3) is 0 Å². The van der Waals surface area contributed by atoms with Gasteiger partial charge in [-0.15, -0.1) is 0 Å². The summed E-state index contributed by atoms with van der Waals surface area (Å²) in [6.07, 6.45) is -2.54. The predicted molar refractivity (Wildman–Crippen MR) is 50.0 cm³/mol. The highest BCUT2D eigenvalue weighted by molar-refractivity contribution is 5.12. The van der Waals surface area contributed by atoms with Gasteiger partial charge in [0.05, 0.1) is 11.7 Å². The van der Waals surface area contributed by atoms with Crippen LogP contribution in [0, 0.1) is 0 Å². The molecule has 0 fully saturated rings. The Kier molecular flexibility index (Phi) is 3.08. The number of aromatic amines is 1. The second kappa shape index (κ2) is 3.84. The van der Waals surface area contributed by atoms with Crippen molar-refractivity contribution in [3.05, 3.63) is 17.7 Å². The number of alkyl halides is 3. The van der Waals surface area contributed by atoms with Crippen LogP contribution < -0.4 is 5.73 Å². The molecule has 3 N–H and O–H groups in total. The van der Waals surface area contributed by atoms with E-state index in [4.69, 9.17) is 5.73 Å². The molecule has 0 unspecified atom stereocenters. The van der Waals surface area contributed by atoms with Crippen LogP contribution in [0.15, 0.2) is 6.20 Å². The van der Waals surface area contributed by atoms with E-state index < -0.39 is 17.4 Å². The van der Waals surface area contributed by atoms with E-state index in [1.807, 2.05) is 13.8 Å². The Labute approximate surface area is 85.9 Å². The topological polar surface area (TPSA) is 54.7 Å². The van der Waals surface area contributed by atoms with Gasteiger partial charge in [0.2, 0.25) is 0 Å². The lowest BCUT2D eigenvalue weighted by molar-refractivity contribution is -0.141. The van der Waals surface area contributed by atoms with E-state index in [1.54, 1.807) is 0 Å². The van der Waals surface area contributed by atoms with Crippen LogP contribution in [0.5, 0.6) is 0 Å². The normalized spacial score (nSPS) is 13.2. The molecule has 0 aromatic carbocycles. The number of H-pyrrole nitrogens is 1. The third-order valence-electron chi connectivity index (χ3n) is 2.61. The molecule has 86 valence electrons. The lowest BCUT2D eigenvalue weighted by atomic mass is 9.93. The van der Waals surface area contributed by atoms with Gasteiger partial charge in [-0.1, -0.05) is 13.8 Å². The van der Waals surface area contributed by atoms with Crippen LogP contribution in [0.4, 0.5) is 13.2 Å². The van der Waals surface area contributed by atoms with Gasteiger partial charge in [-0.2, -0.15) is 13.2 Å². The maximum absolute atomic E-state index is 12.3. The summed E-state index contributed by atoms with van der Waals surface area (Å²) < 4.78 is 36.9. The van der Waals surface area contributed by atoms with E-state index in [-0.39, 0.29) is 5.82 Å². The van der Waals surface area contributed by atoms with Gasteiger partial charge in [-0.05, 0) is 12.8 Å². The molecule has 0 aliphatic rings. The van der Waals surface area contributed by atoms with Crippen molar-refractivity contribution in [3.63, 3.8) is 0 Å². The minimum absolute atomic E-state index is 0.194. The predicted octanol–water partition coefficient (Wildman–Crippen LogP) is 2.40. The first-order valence-corrected chi connectivity index (χ1v) is 4.75. The van der Waals surface area contributed by atoms with Crippen LogP contribution in [0.1, 0.15) is 38.2 Å². The average Bonchev–Trinajstić information content (AvgIpc) is 2.65. The molecule has 3 nitrogen and oxygen atoms in total. The van der Waals surface area contributed by atoms with Crippen molar-refractivity contribution in [1.82, 2.24) is 9.97 Å². The maximum Gasteiger partial charge on any atom is 0.432 e. The van der Waals surface area contributed by atoms with Crippen LogP contribution >= 0.6 is 0 Å². The fourth-order valence-electron chi connectivity index (χ4n) is 1.30. The summed E-state index contributed by atoms with van der Waals surface area (Å²) in [4.78, 5) is 5.93. The lowest BCUT2D eigenvalue weighted by Crippen LogP contribution is -2.36. The molecule has 1 aromatic heterocycles. The van der Waals surface area contributed by atoms with Gasteiger partial charge in [0, 0.05) is 0 Å². The Balaban J connectivity index is 3.03. The van der Waals surface area contributed by atoms with Gasteiger partial charge >= 0.3 is 6.18 Å². The maximum atomic E-state index is 12.3. The molecular weight excluding hydrogens is 207 g/mol. The first-order valence-electron chi connectivity index (χ1n) is 4.75. The average molecular weight is 221 g/mol. The van der Waals surface area contributed by atoms with Gasteiger partial charge in [-0.3, -0.25) is 0 Å². The van der Waals surface area contributed by atoms with Crippen LogP contribution in [-0.2, 0) is 11.7 Å². The zero-order chi connectivity index (χ0) is 11.7. The summed E-state index contributed by atoms with van der Waals surface area (Å²) in [6, 6.07) is 0. The highest BCUT2D eigenvalue weighted by atomic mass is 19.4. The smallest absolute Gasteiger partial charge is 0.337 e. The SMILES string of the molecule is CCC(N)(CC)c1ncc(C(F)(F)F)[nH]1. The summed E-state index contributed by atoms with van der Waals surface area (Å²) in [7, 11) is 0. The Hall–Kier alpha value is -1.04. The Bertz CT molecular complexity index is 326. The van der Waals surface area contributed by atoms with E-state index in [0.29, 0.717) is 12.8 Å². The number of nitrogens with two attached hydrogens (primary N) is 1. The van der Waals surface area contributed by atoms with E-state index in [1.165, 1.54) is 0 Å². The molecule has 15 heavy (non-hydrogen) atoms. The first-order chi connectivity index (χ1) is 6.83. The van der Waals surface area contributed by atoms with Crippen molar-refractivity contribution in [2.75, 3.05) is 0 Å². The highest BCUT2D eigenvalue weighted by Crippen LogP contribution is 2.30. The third-order valence-corrected chi connectivity index (χ3v) is 2.61. The minimum atomic E-state index is -4.40. The van der Waals surface area contributed by atoms with Crippen molar-refractivity contribution in [3.8, 4) is 0 Å². The molecule has 0 radical (unpaired) electrons. The fourth-order valence-corrected chi connectivity index (χ4v) is 1.30. The lowest BCUT2D eigenvalue weighted by Gasteiger charge is -2.23. The number of imidazole rings is 1. The van der Waals surface area contributed by atoms with Crippen molar-refractivity contribution >= 4 is 0 Å². The van der Waals surface area contributed by atoms with Gasteiger partial charge < -0.3 is 10.7 Å². The highest BCUT2D eigenvalue weighted by Gasteiger charge is 2.35. The van der Waals surface area contributed by atoms with E-state index in [9.17, 15) is 13.2 Å². The van der Waals surface area contributed by atoms with Crippen molar-refractivity contribution < 1.29 is 13.2 Å². The number of hydrogen-bond donors (Lipinski definition) is 2. The molecule has 0 aliphatic carbocycles. The fraction of sp³-hybridized carbons (Fsp3) is 0.667. The monoisotopic (exact) mass is 221 g/mol. The van der Waals surface area contributed by atoms with Crippen molar-refractivity contribution in [2.45, 2.75) is 38.4 Å². The van der Waals surface area contributed by atoms with E-state index in [0.717, 1.165) is 6.20 Å². The summed E-state index contributed by atoms with van der Waals surface area (Å²) in [6.45, 7) is 3.64. The second-order valence-corrected chi connectivity index (χ2v) is 3.51. The van der Waals surface area contributed by atoms with Crippen LogP contribution in [-0.4, -0.2) is 9.97 Å². The number of rotatable bonds is 3. The van der Waals surface area contributed by atoms with Crippen LogP contribution in [0.25, 0.3) is 0 Å². The summed E-state index contributed by atoms with van der Waals surface area (Å²) in [5.41, 5.74) is 4.26. The van der Waals surface area contributed by atoms with Gasteiger partial charge in [0.15, 0.2) is 0 Å². The van der Waals surface area contributed by atoms with Crippen molar-refractivity contribution in [1.29, 1.82) is 0 Å². The molecule has 0 atom stereocenters. The minimum Gasteiger partial charge on any atom is -0.337 e. The van der Waals surface area contributed by atoms with E-state index >= 15 is 0 Å². The molecule has 0 aliphatic heterocycles. The molecule has 0 amide bonds. The molecule has 0 bridgehead atoms. The summed E-state index contributed by atoms with van der Waals surface area (Å²) in [5.74, 6) is 0.194. The Morgan fingerprint density at radius 1 is 1.33 bits per heavy atom. The number of nitrogens with one attached hydrogen (secondary N) is 1. The molecule has 1 heterocycles. The quantitative estimate of drug-likeness (QED) is 0.823. The van der Waals surface area contributed by atoms with E-state index in [2.05, 4.69) is 9.97 Å². The number of halogens is 3. The zero-order valence-corrected chi connectivity index (χ0v) is 8.65. The summed E-state index contributed by atoms with van der Waals surface area (Å²) >= 11 is 0. The molecular formula is C9H14F3N3. The Morgan fingerprint density at radius 2 is 1.87 bits per heavy atom. The number of aromatic nitrogens is 2. The third kappa shape index (κ3) is 2.31. The molecule has 0 saturated carbocycles. The molecule has 1 aromatic rings. The van der Waals surface area contributed by atoms with Gasteiger partial charge in [-0.25, -0.2) is 4.98 Å². The van der Waals surface area contributed by atoms with Gasteiger partial charge in [0.1, 0.15) is 11.5 Å². The standard InChI is InChI=1S/C9H14F3N3/c1-3-8(13,4-2)7-14-5-6(15-7)9(10,11)12/h5H,3-4,13H2,1-2H3,(H,14,15). The molecule has 0 saturated heterocycles. The number of nitrogens with zero attached hydrogens (tertiary/aromatic N) is 1.